The van der Waals surface area contributed by atoms with Crippen LogP contribution in [0.4, 0.5) is 5.82 Å². The van der Waals surface area contributed by atoms with E-state index in [1.54, 1.807) is 17.5 Å². The number of carbonyl (C=O) groups excluding carboxylic acids is 1. The lowest BCUT2D eigenvalue weighted by atomic mass is 10.2. The maximum atomic E-state index is 12.9. The number of rotatable bonds is 5. The van der Waals surface area contributed by atoms with Gasteiger partial charge in [-0.15, -0.1) is 11.3 Å². The van der Waals surface area contributed by atoms with Crippen LogP contribution in [0.1, 0.15) is 11.5 Å². The molecule has 5 rings (SSSR count). The number of oxazole rings is 1. The van der Waals surface area contributed by atoms with Crippen molar-refractivity contribution in [1.29, 1.82) is 0 Å². The summed E-state index contributed by atoms with van der Waals surface area (Å²) >= 11 is 1.58. The second-order valence-corrected chi connectivity index (χ2v) is 8.60. The van der Waals surface area contributed by atoms with Gasteiger partial charge in [0.2, 0.25) is 11.8 Å². The minimum Gasteiger partial charge on any atom is -0.440 e. The molecular formula is C24H23N5O2S. The summed E-state index contributed by atoms with van der Waals surface area (Å²) in [6.07, 6.45) is 2.05. The van der Waals surface area contributed by atoms with Crippen LogP contribution in [0, 0.1) is 6.92 Å². The van der Waals surface area contributed by atoms with E-state index in [9.17, 15) is 4.79 Å². The maximum absolute atomic E-state index is 12.9. The van der Waals surface area contributed by atoms with E-state index in [0.717, 1.165) is 29.3 Å². The highest BCUT2D eigenvalue weighted by atomic mass is 32.1. The molecule has 1 fully saturated rings. The molecule has 1 aromatic carbocycles. The first-order valence-corrected chi connectivity index (χ1v) is 11.5. The van der Waals surface area contributed by atoms with E-state index in [1.165, 1.54) is 0 Å². The zero-order valence-corrected chi connectivity index (χ0v) is 18.6. The molecule has 0 atom stereocenters. The smallest absolute Gasteiger partial charge is 0.236 e. The molecule has 0 N–H and O–H groups in total. The summed E-state index contributed by atoms with van der Waals surface area (Å²) in [5.41, 5.74) is 1.71. The van der Waals surface area contributed by atoms with Crippen LogP contribution in [0.2, 0.25) is 0 Å². The first kappa shape index (κ1) is 20.4. The van der Waals surface area contributed by atoms with Crippen molar-refractivity contribution in [2.75, 3.05) is 31.1 Å². The van der Waals surface area contributed by atoms with Crippen molar-refractivity contribution < 1.29 is 9.21 Å². The number of piperazine rings is 1. The molecule has 3 aromatic heterocycles. The van der Waals surface area contributed by atoms with Crippen LogP contribution < -0.4 is 4.90 Å². The van der Waals surface area contributed by atoms with Crippen LogP contribution >= 0.6 is 11.3 Å². The number of amides is 1. The first-order valence-electron chi connectivity index (χ1n) is 10.6. The zero-order chi connectivity index (χ0) is 21.9. The third kappa shape index (κ3) is 4.27. The third-order valence-corrected chi connectivity index (χ3v) is 6.43. The number of anilines is 1. The van der Waals surface area contributed by atoms with E-state index < -0.39 is 0 Å². The molecule has 4 aromatic rings. The van der Waals surface area contributed by atoms with Crippen LogP contribution in [0.25, 0.3) is 22.2 Å². The van der Waals surface area contributed by atoms with E-state index in [4.69, 9.17) is 9.40 Å². The van der Waals surface area contributed by atoms with Crippen LogP contribution in [0.3, 0.4) is 0 Å². The van der Waals surface area contributed by atoms with Crippen molar-refractivity contribution in [2.24, 2.45) is 0 Å². The fraction of sp³-hybridized carbons (Fsp3) is 0.250. The van der Waals surface area contributed by atoms with Gasteiger partial charge in [-0.25, -0.2) is 15.0 Å². The van der Waals surface area contributed by atoms with Crippen molar-refractivity contribution in [2.45, 2.75) is 13.3 Å². The van der Waals surface area contributed by atoms with Gasteiger partial charge in [-0.2, -0.15) is 0 Å². The minimum absolute atomic E-state index is 0.0754. The highest BCUT2D eigenvalue weighted by molar-refractivity contribution is 7.13. The number of carbonyl (C=O) groups is 1. The molecule has 8 heteroatoms. The van der Waals surface area contributed by atoms with E-state index >= 15 is 0 Å². The fourth-order valence-corrected chi connectivity index (χ4v) is 4.44. The van der Waals surface area contributed by atoms with Crippen LogP contribution in [-0.4, -0.2) is 51.9 Å². The van der Waals surface area contributed by atoms with E-state index in [-0.39, 0.29) is 12.3 Å². The molecule has 1 aliphatic rings. The monoisotopic (exact) mass is 445 g/mol. The lowest BCUT2D eigenvalue weighted by molar-refractivity contribution is -0.130. The predicted octanol–water partition coefficient (Wildman–Crippen LogP) is 4.06. The van der Waals surface area contributed by atoms with Gasteiger partial charge < -0.3 is 14.2 Å². The van der Waals surface area contributed by atoms with Gasteiger partial charge in [0.1, 0.15) is 11.6 Å². The van der Waals surface area contributed by atoms with Gasteiger partial charge in [0.15, 0.2) is 5.82 Å². The molecule has 4 heterocycles. The highest BCUT2D eigenvalue weighted by Gasteiger charge is 2.24. The molecule has 0 unspecified atom stereocenters. The van der Waals surface area contributed by atoms with Gasteiger partial charge in [0, 0.05) is 37.9 Å². The molecule has 162 valence electrons. The molecule has 0 saturated carbocycles. The zero-order valence-electron chi connectivity index (χ0n) is 17.8. The predicted molar refractivity (Wildman–Crippen MR) is 125 cm³/mol. The molecule has 0 spiro atoms. The topological polar surface area (TPSA) is 75.4 Å². The summed E-state index contributed by atoms with van der Waals surface area (Å²) < 4.78 is 5.78. The molecule has 32 heavy (non-hydrogen) atoms. The minimum atomic E-state index is 0.0754. The number of hydrogen-bond acceptors (Lipinski definition) is 7. The normalized spacial score (nSPS) is 14.0. The number of nitrogens with zero attached hydrogens (tertiary/aromatic N) is 5. The Bertz CT molecular complexity index is 1200. The van der Waals surface area contributed by atoms with Gasteiger partial charge in [-0.1, -0.05) is 36.4 Å². The Morgan fingerprint density at radius 1 is 1.03 bits per heavy atom. The van der Waals surface area contributed by atoms with Crippen LogP contribution in [0.5, 0.6) is 0 Å². The van der Waals surface area contributed by atoms with Crippen LogP contribution in [0.15, 0.2) is 64.5 Å². The summed E-state index contributed by atoms with van der Waals surface area (Å²) in [7, 11) is 0. The highest BCUT2D eigenvalue weighted by Crippen LogP contribution is 2.26. The van der Waals surface area contributed by atoms with Gasteiger partial charge in [-0.3, -0.25) is 4.79 Å². The molecule has 1 saturated heterocycles. The lowest BCUT2D eigenvalue weighted by Crippen LogP contribution is -2.49. The van der Waals surface area contributed by atoms with Crippen LogP contribution in [-0.2, 0) is 11.2 Å². The van der Waals surface area contributed by atoms with Crippen molar-refractivity contribution in [3.63, 3.8) is 0 Å². The molecule has 0 bridgehead atoms. The third-order valence-electron chi connectivity index (χ3n) is 5.57. The number of hydrogen-bond donors (Lipinski definition) is 0. The summed E-state index contributed by atoms with van der Waals surface area (Å²) in [5, 5.41) is 1.99. The Kier molecular flexibility index (Phi) is 5.68. The Morgan fingerprint density at radius 2 is 1.84 bits per heavy atom. The molecule has 1 aliphatic heterocycles. The second-order valence-electron chi connectivity index (χ2n) is 7.65. The number of thiophene rings is 1. The molecule has 0 aliphatic carbocycles. The van der Waals surface area contributed by atoms with Crippen molar-refractivity contribution in [3.05, 3.63) is 71.6 Å². The van der Waals surface area contributed by atoms with E-state index in [2.05, 4.69) is 14.9 Å². The Balaban J connectivity index is 1.21. The summed E-state index contributed by atoms with van der Waals surface area (Å²) in [6, 6.07) is 15.8. The average Bonchev–Trinajstić information content (AvgIpc) is 3.50. The largest absolute Gasteiger partial charge is 0.440 e. The summed E-state index contributed by atoms with van der Waals surface area (Å²) in [6.45, 7) is 4.63. The standard InChI is InChI=1S/C24H23N5O2S/c1-17-19(26-24(31-17)20-8-5-15-32-20)16-22(30)29-13-11-28(12-14-29)21-9-10-25-23(27-21)18-6-3-2-4-7-18/h2-10,15H,11-14,16H2,1H3. The van der Waals surface area contributed by atoms with Gasteiger partial charge in [-0.05, 0) is 24.4 Å². The molecule has 0 radical (unpaired) electrons. The van der Waals surface area contributed by atoms with Gasteiger partial charge in [0.05, 0.1) is 17.0 Å². The molecular weight excluding hydrogens is 422 g/mol. The average molecular weight is 446 g/mol. The number of aromatic nitrogens is 3. The Morgan fingerprint density at radius 3 is 2.59 bits per heavy atom. The van der Waals surface area contributed by atoms with Gasteiger partial charge >= 0.3 is 0 Å². The SMILES string of the molecule is Cc1oc(-c2cccs2)nc1CC(=O)N1CCN(c2ccnc(-c3ccccc3)n2)CC1. The van der Waals surface area contributed by atoms with E-state index in [1.807, 2.05) is 65.7 Å². The first-order chi connectivity index (χ1) is 15.7. The van der Waals surface area contributed by atoms with Crippen molar-refractivity contribution in [1.82, 2.24) is 19.9 Å². The quantitative estimate of drug-likeness (QED) is 0.461. The summed E-state index contributed by atoms with van der Waals surface area (Å²) in [5.74, 6) is 2.97. The fourth-order valence-electron chi connectivity index (χ4n) is 3.79. The molecule has 7 nitrogen and oxygen atoms in total. The van der Waals surface area contributed by atoms with E-state index in [0.29, 0.717) is 36.3 Å². The lowest BCUT2D eigenvalue weighted by Gasteiger charge is -2.35. The Labute approximate surface area is 190 Å². The second kappa shape index (κ2) is 8.92. The number of aryl methyl sites for hydroxylation is 1. The van der Waals surface area contributed by atoms with Gasteiger partial charge in [0.25, 0.3) is 0 Å². The van der Waals surface area contributed by atoms with Crippen molar-refractivity contribution >= 4 is 23.1 Å². The van der Waals surface area contributed by atoms with Crippen molar-refractivity contribution in [3.8, 4) is 22.2 Å². The Hall–Kier alpha value is -3.52. The molecule has 1 amide bonds. The maximum Gasteiger partial charge on any atom is 0.236 e. The summed E-state index contributed by atoms with van der Waals surface area (Å²) in [4.78, 5) is 31.7. The number of benzene rings is 1.